The lowest BCUT2D eigenvalue weighted by Gasteiger charge is -2.22. The monoisotopic (exact) mass is 427 g/mol. The molecular weight excluding hydrogens is 402 g/mol. The summed E-state index contributed by atoms with van der Waals surface area (Å²) in [6.07, 6.45) is 4.16. The summed E-state index contributed by atoms with van der Waals surface area (Å²) < 4.78 is 5.71. The number of carbonyl (C=O) groups excluding carboxylic acids is 3. The molecule has 2 aromatic carbocycles. The maximum atomic E-state index is 13.6. The van der Waals surface area contributed by atoms with Crippen LogP contribution in [0.4, 0.5) is 5.69 Å². The summed E-state index contributed by atoms with van der Waals surface area (Å²) in [6.45, 7) is 5.79. The van der Waals surface area contributed by atoms with Crippen molar-refractivity contribution in [2.24, 2.45) is 23.7 Å². The van der Waals surface area contributed by atoms with Crippen LogP contribution >= 0.6 is 0 Å². The molecule has 2 aromatic rings. The summed E-state index contributed by atoms with van der Waals surface area (Å²) in [7, 11) is 0. The predicted molar refractivity (Wildman–Crippen MR) is 122 cm³/mol. The zero-order valence-corrected chi connectivity index (χ0v) is 18.4. The number of amides is 2. The highest BCUT2D eigenvalue weighted by Gasteiger charge is 2.62. The third-order valence-corrected chi connectivity index (χ3v) is 6.96. The topological polar surface area (TPSA) is 63.7 Å². The molecule has 1 saturated heterocycles. The van der Waals surface area contributed by atoms with E-state index in [9.17, 15) is 14.4 Å². The molecule has 0 aromatic heterocycles. The number of anilines is 1. The number of allylic oxidation sites excluding steroid dienone is 4. The van der Waals surface area contributed by atoms with Gasteiger partial charge in [-0.1, -0.05) is 48.1 Å². The molecular formula is C27H25NO4. The molecule has 4 atom stereocenters. The van der Waals surface area contributed by atoms with Crippen LogP contribution in [-0.2, 0) is 9.59 Å². The van der Waals surface area contributed by atoms with Crippen LogP contribution in [0.2, 0.25) is 0 Å². The molecule has 3 aliphatic rings. The van der Waals surface area contributed by atoms with Crippen molar-refractivity contribution < 1.29 is 19.1 Å². The van der Waals surface area contributed by atoms with E-state index in [-0.39, 0.29) is 29.4 Å². The van der Waals surface area contributed by atoms with E-state index >= 15 is 0 Å². The van der Waals surface area contributed by atoms with Crippen molar-refractivity contribution >= 4 is 28.9 Å². The van der Waals surface area contributed by atoms with Crippen molar-refractivity contribution in [3.05, 3.63) is 77.4 Å². The Labute approximate surface area is 187 Å². The fourth-order valence-corrected chi connectivity index (χ4v) is 5.54. The standard InChI is InChI=1S/C27H25NO4/c1-4-32-22-13-10-18(16(3)29)14-21(22)28-26(30)24-19-11-12-20(25(24)27(28)31)23(19)15(2)17-8-6-5-7-9-17/h5-14,19-20,24-25H,4H2,1-3H3/t19-,20-,24-,25-/m0/s1. The molecule has 1 aliphatic heterocycles. The largest absolute Gasteiger partial charge is 0.492 e. The summed E-state index contributed by atoms with van der Waals surface area (Å²) in [5.41, 5.74) is 4.25. The Morgan fingerprint density at radius 3 is 2.09 bits per heavy atom. The second-order valence-electron chi connectivity index (χ2n) is 8.62. The molecule has 5 heteroatoms. The van der Waals surface area contributed by atoms with Crippen LogP contribution in [0, 0.1) is 23.7 Å². The highest BCUT2D eigenvalue weighted by molar-refractivity contribution is 6.24. The van der Waals surface area contributed by atoms with Gasteiger partial charge in [0.05, 0.1) is 24.1 Å². The van der Waals surface area contributed by atoms with Crippen molar-refractivity contribution in [2.45, 2.75) is 20.8 Å². The third kappa shape index (κ3) is 2.88. The average molecular weight is 428 g/mol. The second kappa shape index (κ2) is 7.59. The fraction of sp³-hybridized carbons (Fsp3) is 0.296. The van der Waals surface area contributed by atoms with Gasteiger partial charge in [-0.15, -0.1) is 0 Å². The number of rotatable bonds is 5. The third-order valence-electron chi connectivity index (χ3n) is 6.96. The van der Waals surface area contributed by atoms with Gasteiger partial charge < -0.3 is 4.74 Å². The molecule has 2 bridgehead atoms. The van der Waals surface area contributed by atoms with Crippen LogP contribution < -0.4 is 9.64 Å². The van der Waals surface area contributed by atoms with Gasteiger partial charge >= 0.3 is 0 Å². The van der Waals surface area contributed by atoms with Gasteiger partial charge in [-0.05, 0) is 50.1 Å². The van der Waals surface area contributed by atoms with E-state index in [1.165, 1.54) is 17.4 Å². The van der Waals surface area contributed by atoms with Crippen LogP contribution in [0.15, 0.2) is 66.3 Å². The molecule has 1 saturated carbocycles. The summed E-state index contributed by atoms with van der Waals surface area (Å²) >= 11 is 0. The fourth-order valence-electron chi connectivity index (χ4n) is 5.54. The van der Waals surface area contributed by atoms with Crippen LogP contribution in [0.5, 0.6) is 5.75 Å². The Kier molecular flexibility index (Phi) is 4.85. The number of benzene rings is 2. The minimum absolute atomic E-state index is 0.0850. The Bertz CT molecular complexity index is 1160. The lowest BCUT2D eigenvalue weighted by molar-refractivity contribution is -0.123. The maximum Gasteiger partial charge on any atom is 0.238 e. The van der Waals surface area contributed by atoms with E-state index in [0.29, 0.717) is 23.6 Å². The number of hydrogen-bond donors (Lipinski definition) is 0. The van der Waals surface area contributed by atoms with Crippen LogP contribution in [-0.4, -0.2) is 24.2 Å². The van der Waals surface area contributed by atoms with Gasteiger partial charge in [0.1, 0.15) is 5.75 Å². The molecule has 32 heavy (non-hydrogen) atoms. The van der Waals surface area contributed by atoms with E-state index < -0.39 is 11.8 Å². The molecule has 162 valence electrons. The minimum Gasteiger partial charge on any atom is -0.492 e. The average Bonchev–Trinajstić information content (AvgIpc) is 3.44. The van der Waals surface area contributed by atoms with E-state index in [1.54, 1.807) is 18.2 Å². The zero-order valence-electron chi connectivity index (χ0n) is 18.4. The summed E-state index contributed by atoms with van der Waals surface area (Å²) in [6, 6.07) is 15.0. The van der Waals surface area contributed by atoms with Gasteiger partial charge in [0.25, 0.3) is 0 Å². The molecule has 2 fully saturated rings. The number of nitrogens with zero attached hydrogens (tertiary/aromatic N) is 1. The Morgan fingerprint density at radius 2 is 1.53 bits per heavy atom. The van der Waals surface area contributed by atoms with Gasteiger partial charge in [0, 0.05) is 17.4 Å². The van der Waals surface area contributed by atoms with Crippen molar-refractivity contribution in [3.63, 3.8) is 0 Å². The number of Topliss-reactive ketones (excluding diaryl/α,β-unsaturated/α-hetero) is 1. The van der Waals surface area contributed by atoms with Gasteiger partial charge in [-0.3, -0.25) is 14.4 Å². The van der Waals surface area contributed by atoms with Crippen molar-refractivity contribution in [1.82, 2.24) is 0 Å². The maximum absolute atomic E-state index is 13.6. The number of carbonyl (C=O) groups is 3. The molecule has 5 rings (SSSR count). The SMILES string of the molecule is CCOc1ccc(C(C)=O)cc1N1C(=O)[C@@H]2[C@@H](C1=O)[C@H]1C=C[C@H]2C1=C(C)c1ccccc1. The predicted octanol–water partition coefficient (Wildman–Crippen LogP) is 4.68. The lowest BCUT2D eigenvalue weighted by Crippen LogP contribution is -2.33. The molecule has 2 amide bonds. The van der Waals surface area contributed by atoms with Gasteiger partial charge in [0.2, 0.25) is 11.8 Å². The van der Waals surface area contributed by atoms with Crippen LogP contribution in [0.3, 0.4) is 0 Å². The molecule has 5 nitrogen and oxygen atoms in total. The highest BCUT2D eigenvalue weighted by Crippen LogP contribution is 2.58. The van der Waals surface area contributed by atoms with E-state index in [4.69, 9.17) is 4.74 Å². The Hall–Kier alpha value is -3.47. The Balaban J connectivity index is 1.56. The molecule has 0 radical (unpaired) electrons. The molecule has 1 heterocycles. The number of imide groups is 1. The van der Waals surface area contributed by atoms with Gasteiger partial charge in [-0.25, -0.2) is 4.90 Å². The first kappa shape index (κ1) is 20.4. The molecule has 0 unspecified atom stereocenters. The normalized spacial score (nSPS) is 25.5. The van der Waals surface area contributed by atoms with Crippen LogP contribution in [0.1, 0.15) is 36.7 Å². The second-order valence-corrected chi connectivity index (χ2v) is 8.62. The van der Waals surface area contributed by atoms with Crippen molar-refractivity contribution in [1.29, 1.82) is 0 Å². The van der Waals surface area contributed by atoms with E-state index in [1.807, 2.05) is 25.1 Å². The minimum atomic E-state index is -0.415. The quantitative estimate of drug-likeness (QED) is 0.395. The van der Waals surface area contributed by atoms with Crippen LogP contribution in [0.25, 0.3) is 5.57 Å². The summed E-state index contributed by atoms with van der Waals surface area (Å²) in [5, 5.41) is 0. The zero-order chi connectivity index (χ0) is 22.6. The molecule has 0 spiro atoms. The number of fused-ring (bicyclic) bond motifs is 5. The van der Waals surface area contributed by atoms with E-state index in [0.717, 1.165) is 11.1 Å². The Morgan fingerprint density at radius 1 is 0.906 bits per heavy atom. The molecule has 0 N–H and O–H groups in total. The summed E-state index contributed by atoms with van der Waals surface area (Å²) in [5.74, 6) is -1.11. The number of ether oxygens (including phenoxy) is 1. The highest BCUT2D eigenvalue weighted by atomic mass is 16.5. The summed E-state index contributed by atoms with van der Waals surface area (Å²) in [4.78, 5) is 40.5. The smallest absolute Gasteiger partial charge is 0.238 e. The first-order valence-corrected chi connectivity index (χ1v) is 11.0. The first-order chi connectivity index (χ1) is 15.4. The lowest BCUT2D eigenvalue weighted by atomic mass is 9.85. The van der Waals surface area contributed by atoms with Crippen molar-refractivity contribution in [3.8, 4) is 5.75 Å². The van der Waals surface area contributed by atoms with Gasteiger partial charge in [-0.2, -0.15) is 0 Å². The molecule has 2 aliphatic carbocycles. The number of ketones is 1. The first-order valence-electron chi connectivity index (χ1n) is 11.0. The van der Waals surface area contributed by atoms with Gasteiger partial charge in [0.15, 0.2) is 5.78 Å². The van der Waals surface area contributed by atoms with E-state index in [2.05, 4.69) is 31.2 Å². The number of hydrogen-bond acceptors (Lipinski definition) is 4. The van der Waals surface area contributed by atoms with Crippen molar-refractivity contribution in [2.75, 3.05) is 11.5 Å².